The van der Waals surface area contributed by atoms with E-state index in [4.69, 9.17) is 16.0 Å². The topological polar surface area (TPSA) is 65.1 Å². The number of ketones is 1. The van der Waals surface area contributed by atoms with Gasteiger partial charge < -0.3 is 4.42 Å². The van der Waals surface area contributed by atoms with Crippen molar-refractivity contribution in [3.05, 3.63) is 93.6 Å². The summed E-state index contributed by atoms with van der Waals surface area (Å²) in [4.78, 5) is 30.1. The highest BCUT2D eigenvalue weighted by Gasteiger charge is 2.15. The zero-order valence-electron chi connectivity index (χ0n) is 14.7. The van der Waals surface area contributed by atoms with Crippen LogP contribution in [-0.4, -0.2) is 21.1 Å². The fraction of sp³-hybridized carbons (Fsp3) is 0.0952. The summed E-state index contributed by atoms with van der Waals surface area (Å²) >= 11 is 7.11. The van der Waals surface area contributed by atoms with Crippen LogP contribution in [-0.2, 0) is 6.54 Å². The van der Waals surface area contributed by atoms with Crippen molar-refractivity contribution in [2.75, 3.05) is 5.75 Å². The summed E-state index contributed by atoms with van der Waals surface area (Å²) in [6, 6.07) is 17.5. The number of thioether (sulfide) groups is 1. The molecule has 0 unspecified atom stereocenters. The maximum absolute atomic E-state index is 13.0. The summed E-state index contributed by atoms with van der Waals surface area (Å²) in [5.74, 6) is 0.739. The lowest BCUT2D eigenvalue weighted by molar-refractivity contribution is 0.102. The number of furan rings is 1. The average molecular weight is 411 g/mol. The maximum atomic E-state index is 13.0. The van der Waals surface area contributed by atoms with E-state index in [1.807, 2.05) is 6.07 Å². The Bertz CT molecular complexity index is 1180. The van der Waals surface area contributed by atoms with Crippen LogP contribution in [0.15, 0.2) is 81.3 Å². The molecule has 2 aromatic heterocycles. The molecule has 0 saturated carbocycles. The zero-order chi connectivity index (χ0) is 19.5. The molecule has 4 aromatic rings. The van der Waals surface area contributed by atoms with Crippen molar-refractivity contribution in [3.8, 4) is 0 Å². The summed E-state index contributed by atoms with van der Waals surface area (Å²) in [5.41, 5.74) is 1.01. The van der Waals surface area contributed by atoms with Crippen molar-refractivity contribution in [2.45, 2.75) is 11.7 Å². The maximum Gasteiger partial charge on any atom is 0.262 e. The van der Waals surface area contributed by atoms with Crippen LogP contribution >= 0.6 is 23.4 Å². The standard InChI is InChI=1S/C21H15ClN2O3S/c22-15-9-7-14(8-10-15)19(25)13-28-21-23-18-6-2-1-5-17(18)20(26)24(21)12-16-4-3-11-27-16/h1-11H,12-13H2. The molecule has 2 heterocycles. The number of carbonyl (C=O) groups excluding carboxylic acids is 1. The second-order valence-corrected chi connectivity index (χ2v) is 7.48. The van der Waals surface area contributed by atoms with Crippen LogP contribution in [0.3, 0.4) is 0 Å². The first-order chi connectivity index (χ1) is 13.6. The minimum Gasteiger partial charge on any atom is -0.467 e. The number of benzene rings is 2. The molecule has 0 aliphatic heterocycles. The van der Waals surface area contributed by atoms with Crippen LogP contribution in [0.4, 0.5) is 0 Å². The highest BCUT2D eigenvalue weighted by Crippen LogP contribution is 2.21. The van der Waals surface area contributed by atoms with E-state index >= 15 is 0 Å². The molecular formula is C21H15ClN2O3S. The predicted molar refractivity (Wildman–Crippen MR) is 110 cm³/mol. The highest BCUT2D eigenvalue weighted by molar-refractivity contribution is 7.99. The van der Waals surface area contributed by atoms with Crippen LogP contribution in [0.25, 0.3) is 10.9 Å². The van der Waals surface area contributed by atoms with Crippen LogP contribution in [0.2, 0.25) is 5.02 Å². The molecule has 0 aliphatic rings. The lowest BCUT2D eigenvalue weighted by atomic mass is 10.1. The van der Waals surface area contributed by atoms with Crippen molar-refractivity contribution < 1.29 is 9.21 Å². The van der Waals surface area contributed by atoms with Crippen molar-refractivity contribution >= 4 is 40.0 Å². The third kappa shape index (κ3) is 3.88. The number of aromatic nitrogens is 2. The summed E-state index contributed by atoms with van der Waals surface area (Å²) in [7, 11) is 0. The van der Waals surface area contributed by atoms with Gasteiger partial charge in [-0.1, -0.05) is 35.5 Å². The van der Waals surface area contributed by atoms with E-state index in [9.17, 15) is 9.59 Å². The SMILES string of the molecule is O=C(CSc1nc2ccccc2c(=O)n1Cc1ccco1)c1ccc(Cl)cc1. The molecule has 0 spiro atoms. The number of nitrogens with zero attached hydrogens (tertiary/aromatic N) is 2. The first-order valence-corrected chi connectivity index (χ1v) is 9.92. The van der Waals surface area contributed by atoms with Gasteiger partial charge in [0.25, 0.3) is 5.56 Å². The normalized spacial score (nSPS) is 11.0. The molecule has 0 aliphatic carbocycles. The molecule has 0 radical (unpaired) electrons. The molecule has 0 bridgehead atoms. The largest absolute Gasteiger partial charge is 0.467 e. The Kier molecular flexibility index (Phi) is 5.32. The van der Waals surface area contributed by atoms with Crippen molar-refractivity contribution in [1.82, 2.24) is 9.55 Å². The summed E-state index contributed by atoms with van der Waals surface area (Å²) < 4.78 is 6.93. The van der Waals surface area contributed by atoms with Gasteiger partial charge in [0.05, 0.1) is 29.5 Å². The van der Waals surface area contributed by atoms with E-state index in [0.717, 1.165) is 0 Å². The fourth-order valence-corrected chi connectivity index (χ4v) is 3.82. The van der Waals surface area contributed by atoms with Crippen LogP contribution in [0.5, 0.6) is 0 Å². The predicted octanol–water partition coefficient (Wildman–Crippen LogP) is 4.67. The van der Waals surface area contributed by atoms with Crippen LogP contribution < -0.4 is 5.56 Å². The van der Waals surface area contributed by atoms with Crippen molar-refractivity contribution in [1.29, 1.82) is 0 Å². The minimum absolute atomic E-state index is 0.0615. The number of hydrogen-bond donors (Lipinski definition) is 0. The molecular weight excluding hydrogens is 396 g/mol. The van der Waals surface area contributed by atoms with E-state index in [2.05, 4.69) is 4.98 Å². The lowest BCUT2D eigenvalue weighted by Gasteiger charge is -2.12. The second kappa shape index (κ2) is 8.04. The average Bonchev–Trinajstić information content (AvgIpc) is 3.22. The molecule has 4 rings (SSSR count). The molecule has 5 nitrogen and oxygen atoms in total. The highest BCUT2D eigenvalue weighted by atomic mass is 35.5. The van der Waals surface area contributed by atoms with E-state index in [-0.39, 0.29) is 23.6 Å². The Morgan fingerprint density at radius 3 is 2.61 bits per heavy atom. The van der Waals surface area contributed by atoms with Gasteiger partial charge in [-0.15, -0.1) is 0 Å². The van der Waals surface area contributed by atoms with Gasteiger partial charge in [0.2, 0.25) is 0 Å². The van der Waals surface area contributed by atoms with Gasteiger partial charge in [0.15, 0.2) is 10.9 Å². The molecule has 0 N–H and O–H groups in total. The Balaban J connectivity index is 1.67. The summed E-state index contributed by atoms with van der Waals surface area (Å²) in [5, 5.41) is 1.58. The molecule has 0 fully saturated rings. The van der Waals surface area contributed by atoms with Gasteiger partial charge >= 0.3 is 0 Å². The Morgan fingerprint density at radius 1 is 1.07 bits per heavy atom. The summed E-state index contributed by atoms with van der Waals surface area (Å²) in [6.07, 6.45) is 1.56. The first-order valence-electron chi connectivity index (χ1n) is 8.55. The third-order valence-electron chi connectivity index (χ3n) is 4.22. The number of carbonyl (C=O) groups is 1. The number of halogens is 1. The first kappa shape index (κ1) is 18.5. The van der Waals surface area contributed by atoms with Gasteiger partial charge in [-0.25, -0.2) is 4.98 Å². The molecule has 2 aromatic carbocycles. The van der Waals surface area contributed by atoms with Crippen LogP contribution in [0, 0.1) is 0 Å². The Hall–Kier alpha value is -2.83. The monoisotopic (exact) mass is 410 g/mol. The number of hydrogen-bond acceptors (Lipinski definition) is 5. The van der Waals surface area contributed by atoms with Gasteiger partial charge in [0, 0.05) is 10.6 Å². The van der Waals surface area contributed by atoms with Crippen molar-refractivity contribution in [2.24, 2.45) is 0 Å². The molecule has 0 saturated heterocycles. The molecule has 7 heteroatoms. The van der Waals surface area contributed by atoms with E-state index in [0.29, 0.717) is 32.4 Å². The Labute approximate surface area is 170 Å². The second-order valence-electron chi connectivity index (χ2n) is 6.10. The molecule has 140 valence electrons. The van der Waals surface area contributed by atoms with Crippen LogP contribution in [0.1, 0.15) is 16.1 Å². The zero-order valence-corrected chi connectivity index (χ0v) is 16.2. The van der Waals surface area contributed by atoms with E-state index < -0.39 is 0 Å². The number of Topliss-reactive ketones (excluding diaryl/α,β-unsaturated/α-hetero) is 1. The third-order valence-corrected chi connectivity index (χ3v) is 5.45. The minimum atomic E-state index is -0.163. The van der Waals surface area contributed by atoms with Gasteiger partial charge in [-0.05, 0) is 48.5 Å². The number of para-hydroxylation sites is 1. The van der Waals surface area contributed by atoms with Gasteiger partial charge in [0.1, 0.15) is 5.76 Å². The quantitative estimate of drug-likeness (QED) is 0.262. The number of fused-ring (bicyclic) bond motifs is 1. The van der Waals surface area contributed by atoms with E-state index in [1.54, 1.807) is 65.4 Å². The molecule has 0 amide bonds. The molecule has 28 heavy (non-hydrogen) atoms. The van der Waals surface area contributed by atoms with E-state index in [1.165, 1.54) is 11.8 Å². The molecule has 0 atom stereocenters. The Morgan fingerprint density at radius 2 is 1.86 bits per heavy atom. The number of rotatable bonds is 6. The van der Waals surface area contributed by atoms with Crippen molar-refractivity contribution in [3.63, 3.8) is 0 Å². The lowest BCUT2D eigenvalue weighted by Crippen LogP contribution is -2.24. The van der Waals surface area contributed by atoms with Gasteiger partial charge in [-0.2, -0.15) is 0 Å². The summed E-state index contributed by atoms with van der Waals surface area (Å²) in [6.45, 7) is 0.251. The fourth-order valence-electron chi connectivity index (χ4n) is 2.80. The smallest absolute Gasteiger partial charge is 0.262 e. The van der Waals surface area contributed by atoms with Gasteiger partial charge in [-0.3, -0.25) is 14.2 Å².